The number of nitrogens with zero attached hydrogens (tertiary/aromatic N) is 1. The fourth-order valence-corrected chi connectivity index (χ4v) is 0.721. The van der Waals surface area contributed by atoms with Crippen LogP contribution in [0.3, 0.4) is 0 Å². The first-order valence-electron chi connectivity index (χ1n) is 3.58. The molecule has 5 N–H and O–H groups in total. The van der Waals surface area contributed by atoms with Crippen LogP contribution in [-0.2, 0) is 15.8 Å². The van der Waals surface area contributed by atoms with Crippen LogP contribution in [0.15, 0.2) is 12.5 Å². The van der Waals surface area contributed by atoms with E-state index in [1.807, 2.05) is 0 Å². The van der Waals surface area contributed by atoms with Crippen molar-refractivity contribution in [2.45, 2.75) is 12.5 Å². The maximum atomic E-state index is 10.3. The van der Waals surface area contributed by atoms with Gasteiger partial charge in [0.1, 0.15) is 6.04 Å². The fraction of sp³-hybridized carbons (Fsp3) is 0.333. The van der Waals surface area contributed by atoms with E-state index < -0.39 is 20.7 Å². The van der Waals surface area contributed by atoms with Crippen LogP contribution in [0.25, 0.3) is 0 Å². The summed E-state index contributed by atoms with van der Waals surface area (Å²) in [5.41, 5.74) is 6.00. The highest BCUT2D eigenvalue weighted by molar-refractivity contribution is 7.16. The molecular formula is C6H11N3O4P+. The molecule has 1 rings (SSSR count). The van der Waals surface area contributed by atoms with E-state index in [0.29, 0.717) is 0 Å². The molecule has 0 spiro atoms. The van der Waals surface area contributed by atoms with E-state index >= 15 is 0 Å². The van der Waals surface area contributed by atoms with Crippen LogP contribution in [-0.4, -0.2) is 32.0 Å². The summed E-state index contributed by atoms with van der Waals surface area (Å²) in [5, 5.41) is 8.42. The maximum absolute atomic E-state index is 10.3. The smallest absolute Gasteiger partial charge is 0.480 e. The molecule has 78 valence electrons. The Hall–Kier alpha value is -1.30. The number of imidazole rings is 1. The third-order valence-electron chi connectivity index (χ3n) is 1.31. The number of aromatic nitrogens is 2. The lowest BCUT2D eigenvalue weighted by Gasteiger charge is -2.02. The number of carboxylic acids is 1. The average molecular weight is 220 g/mol. The number of carbonyl (C=O) groups is 1. The van der Waals surface area contributed by atoms with E-state index in [9.17, 15) is 4.79 Å². The first-order chi connectivity index (χ1) is 6.61. The van der Waals surface area contributed by atoms with Crippen LogP contribution in [0.5, 0.6) is 0 Å². The number of rotatable bonds is 3. The number of aliphatic carboxylic acids is 1. The molecule has 0 aliphatic heterocycles. The average Bonchev–Trinajstić information content (AvgIpc) is 2.58. The summed E-state index contributed by atoms with van der Waals surface area (Å²) in [4.78, 5) is 23.8. The van der Waals surface area contributed by atoms with E-state index in [1.54, 1.807) is 6.20 Å². The van der Waals surface area contributed by atoms with Gasteiger partial charge in [-0.25, -0.2) is 4.98 Å². The van der Waals surface area contributed by atoms with Crippen molar-refractivity contribution in [1.29, 1.82) is 0 Å². The van der Waals surface area contributed by atoms with Gasteiger partial charge in [-0.1, -0.05) is 0 Å². The minimum atomic E-state index is -1.17. The van der Waals surface area contributed by atoms with Gasteiger partial charge in [-0.2, -0.15) is 4.89 Å². The second-order valence-corrected chi connectivity index (χ2v) is 2.50. The highest BCUT2D eigenvalue weighted by Gasteiger charge is 2.11. The molecule has 0 amide bonds. The molecule has 7 nitrogen and oxygen atoms in total. The number of nitrogens with one attached hydrogen (secondary N) is 1. The standard InChI is InChI=1S/C6H9N3O2.HO2P/c7-5(6(10)11)1-4-2-8-3-9-4;1-3-2/h2-3,5H,1,7H2,(H,8,9)(H,10,11);3H/p+1/t5-;/m0./s1. The van der Waals surface area contributed by atoms with Crippen LogP contribution in [0.4, 0.5) is 0 Å². The lowest BCUT2D eigenvalue weighted by molar-refractivity contribution is -0.138. The van der Waals surface area contributed by atoms with Gasteiger partial charge in [-0.05, 0) is 4.57 Å². The zero-order valence-electron chi connectivity index (χ0n) is 7.17. The van der Waals surface area contributed by atoms with Crippen LogP contribution in [0.1, 0.15) is 5.69 Å². The second-order valence-electron chi connectivity index (χ2n) is 2.32. The predicted molar refractivity (Wildman–Crippen MR) is 49.1 cm³/mol. The van der Waals surface area contributed by atoms with E-state index in [4.69, 9.17) is 20.3 Å². The predicted octanol–water partition coefficient (Wildman–Crippen LogP) is -0.718. The molecule has 0 aromatic carbocycles. The van der Waals surface area contributed by atoms with Gasteiger partial charge in [0.05, 0.1) is 6.33 Å². The molecule has 14 heavy (non-hydrogen) atoms. The van der Waals surface area contributed by atoms with Crippen LogP contribution in [0, 0.1) is 0 Å². The van der Waals surface area contributed by atoms with Crippen LogP contribution < -0.4 is 5.73 Å². The number of H-pyrrole nitrogens is 1. The zero-order chi connectivity index (χ0) is 11.0. The lowest BCUT2D eigenvalue weighted by Crippen LogP contribution is -2.32. The van der Waals surface area contributed by atoms with Crippen molar-refractivity contribution in [3.05, 3.63) is 18.2 Å². The quantitative estimate of drug-likeness (QED) is 0.497. The number of carboxylic acid groups (broad SMARTS) is 1. The molecule has 0 radical (unpaired) electrons. The lowest BCUT2D eigenvalue weighted by atomic mass is 10.2. The summed E-state index contributed by atoms with van der Waals surface area (Å²) in [5.74, 6) is -1.00. The molecule has 8 heteroatoms. The van der Waals surface area contributed by atoms with Crippen molar-refractivity contribution in [2.24, 2.45) is 5.73 Å². The summed E-state index contributed by atoms with van der Waals surface area (Å²) in [7, 11) is -1.17. The molecule has 0 aliphatic rings. The molecule has 0 saturated heterocycles. The molecule has 2 atom stereocenters. The minimum Gasteiger partial charge on any atom is -0.480 e. The monoisotopic (exact) mass is 220 g/mol. The highest BCUT2D eigenvalue weighted by atomic mass is 31.1. The fourth-order valence-electron chi connectivity index (χ4n) is 0.721. The molecule has 0 saturated carbocycles. The van der Waals surface area contributed by atoms with Crippen LogP contribution in [0.2, 0.25) is 0 Å². The Morgan fingerprint density at radius 3 is 2.71 bits per heavy atom. The second kappa shape index (κ2) is 7.14. The summed E-state index contributed by atoms with van der Waals surface area (Å²) in [6, 6.07) is -0.851. The molecular weight excluding hydrogens is 209 g/mol. The van der Waals surface area contributed by atoms with Gasteiger partial charge in [-0.3, -0.25) is 4.79 Å². The maximum Gasteiger partial charge on any atom is 0.491 e. The van der Waals surface area contributed by atoms with Crippen molar-refractivity contribution in [3.8, 4) is 0 Å². The normalized spacial score (nSPS) is 11.6. The molecule has 0 aliphatic carbocycles. The Labute approximate surface area is 81.3 Å². The van der Waals surface area contributed by atoms with E-state index in [1.165, 1.54) is 6.33 Å². The van der Waals surface area contributed by atoms with Crippen molar-refractivity contribution in [3.63, 3.8) is 0 Å². The first-order valence-corrected chi connectivity index (χ1v) is 4.44. The SMILES string of the molecule is N[C@@H](Cc1cnc[nH]1)C(=O)O.O=[PH+]O. The molecule has 1 heterocycles. The summed E-state index contributed by atoms with van der Waals surface area (Å²) in [6.07, 6.45) is 3.34. The number of hydrogen-bond donors (Lipinski definition) is 4. The van der Waals surface area contributed by atoms with Gasteiger partial charge in [0, 0.05) is 18.3 Å². The Morgan fingerprint density at radius 2 is 2.36 bits per heavy atom. The summed E-state index contributed by atoms with van der Waals surface area (Å²) in [6.45, 7) is 0. The Morgan fingerprint density at radius 1 is 1.79 bits per heavy atom. The van der Waals surface area contributed by atoms with Crippen molar-refractivity contribution >= 4 is 14.7 Å². The molecule has 1 aromatic heterocycles. The van der Waals surface area contributed by atoms with Crippen LogP contribution >= 0.6 is 8.69 Å². The van der Waals surface area contributed by atoms with Gasteiger partial charge in [-0.15, -0.1) is 0 Å². The van der Waals surface area contributed by atoms with E-state index in [-0.39, 0.29) is 6.42 Å². The van der Waals surface area contributed by atoms with Crippen molar-refractivity contribution in [2.75, 3.05) is 0 Å². The van der Waals surface area contributed by atoms with Gasteiger partial charge < -0.3 is 15.8 Å². The Bertz CT molecular complexity index is 277. The van der Waals surface area contributed by atoms with Crippen molar-refractivity contribution < 1.29 is 19.4 Å². The van der Waals surface area contributed by atoms with Crippen molar-refractivity contribution in [1.82, 2.24) is 9.97 Å². The highest BCUT2D eigenvalue weighted by Crippen LogP contribution is 1.95. The van der Waals surface area contributed by atoms with Gasteiger partial charge in [0.2, 0.25) is 0 Å². The Balaban J connectivity index is 0.000000500. The summed E-state index contributed by atoms with van der Waals surface area (Å²) < 4.78 is 8.51. The van der Waals surface area contributed by atoms with Gasteiger partial charge >= 0.3 is 14.7 Å². The number of nitrogens with two attached hydrogens (primary N) is 1. The molecule has 0 bridgehead atoms. The van der Waals surface area contributed by atoms with Gasteiger partial charge in [0.15, 0.2) is 0 Å². The van der Waals surface area contributed by atoms with Gasteiger partial charge in [0.25, 0.3) is 0 Å². The zero-order valence-corrected chi connectivity index (χ0v) is 8.17. The number of aromatic amines is 1. The van der Waals surface area contributed by atoms with E-state index in [0.717, 1.165) is 5.69 Å². The molecule has 1 aromatic rings. The molecule has 1 unspecified atom stereocenters. The minimum absolute atomic E-state index is 0.287. The third-order valence-corrected chi connectivity index (χ3v) is 1.31. The Kier molecular flexibility index (Phi) is 6.47. The summed E-state index contributed by atoms with van der Waals surface area (Å²) >= 11 is 0. The number of hydrogen-bond acceptors (Lipinski definition) is 4. The molecule has 0 fully saturated rings. The van der Waals surface area contributed by atoms with E-state index in [2.05, 4.69) is 9.97 Å². The topological polar surface area (TPSA) is 129 Å². The third kappa shape index (κ3) is 5.36. The largest absolute Gasteiger partial charge is 0.491 e. The first kappa shape index (κ1) is 12.7.